The molecule has 1 unspecified atom stereocenters. The third-order valence-corrected chi connectivity index (χ3v) is 2.81. The van der Waals surface area contributed by atoms with Crippen molar-refractivity contribution in [1.82, 2.24) is 4.90 Å². The highest BCUT2D eigenvalue weighted by Crippen LogP contribution is 2.47. The van der Waals surface area contributed by atoms with Crippen molar-refractivity contribution in [2.24, 2.45) is 11.3 Å². The Kier molecular flexibility index (Phi) is 1.03. The maximum absolute atomic E-state index is 11.3. The van der Waals surface area contributed by atoms with Crippen LogP contribution in [0, 0.1) is 11.3 Å². The lowest BCUT2D eigenvalue weighted by molar-refractivity contribution is -0.160. The molecule has 2 rings (SSSR count). The van der Waals surface area contributed by atoms with Crippen LogP contribution in [-0.4, -0.2) is 30.8 Å². The first-order valence-electron chi connectivity index (χ1n) is 3.87. The van der Waals surface area contributed by atoms with E-state index >= 15 is 0 Å². The van der Waals surface area contributed by atoms with E-state index < -0.39 is 0 Å². The smallest absolute Gasteiger partial charge is 0.144 e. The molecule has 10 heavy (non-hydrogen) atoms. The summed E-state index contributed by atoms with van der Waals surface area (Å²) in [6, 6.07) is 0. The van der Waals surface area contributed by atoms with E-state index in [4.69, 9.17) is 0 Å². The lowest BCUT2D eigenvalue weighted by Gasteiger charge is -2.55. The molecule has 0 aromatic heterocycles. The van der Waals surface area contributed by atoms with Gasteiger partial charge in [-0.25, -0.2) is 0 Å². The Balaban J connectivity index is 2.04. The molecule has 1 saturated carbocycles. The fourth-order valence-corrected chi connectivity index (χ4v) is 2.44. The van der Waals surface area contributed by atoms with Crippen molar-refractivity contribution in [3.8, 4) is 0 Å². The summed E-state index contributed by atoms with van der Waals surface area (Å²) >= 11 is 0. The summed E-state index contributed by atoms with van der Waals surface area (Å²) in [7, 11) is 2.07. The first-order valence-corrected chi connectivity index (χ1v) is 3.87. The van der Waals surface area contributed by atoms with E-state index in [2.05, 4.69) is 11.9 Å². The predicted octanol–water partition coefficient (Wildman–Crippen LogP) is 0.527. The van der Waals surface area contributed by atoms with E-state index in [1.165, 1.54) is 0 Å². The second-order valence-corrected chi connectivity index (χ2v) is 3.92. The fourth-order valence-electron chi connectivity index (χ4n) is 2.44. The second-order valence-electron chi connectivity index (χ2n) is 3.92. The zero-order valence-corrected chi connectivity index (χ0v) is 6.55. The Bertz CT molecular complexity index is 176. The molecule has 2 fully saturated rings. The summed E-state index contributed by atoms with van der Waals surface area (Å²) in [5, 5.41) is 0. The van der Waals surface area contributed by atoms with Gasteiger partial charge in [-0.3, -0.25) is 4.79 Å². The predicted molar refractivity (Wildman–Crippen MR) is 38.7 cm³/mol. The quantitative estimate of drug-likeness (QED) is 0.488. The zero-order chi connectivity index (χ0) is 7.35. The van der Waals surface area contributed by atoms with Crippen LogP contribution in [0.5, 0.6) is 0 Å². The van der Waals surface area contributed by atoms with E-state index in [1.54, 1.807) is 0 Å². The number of hydrogen-bond donors (Lipinski definition) is 0. The van der Waals surface area contributed by atoms with Crippen LogP contribution in [-0.2, 0) is 4.79 Å². The van der Waals surface area contributed by atoms with Crippen molar-refractivity contribution >= 4 is 5.78 Å². The van der Waals surface area contributed by atoms with Crippen molar-refractivity contribution in [2.75, 3.05) is 20.1 Å². The van der Waals surface area contributed by atoms with E-state index in [1.807, 2.05) is 6.92 Å². The molecule has 0 N–H and O–H groups in total. The maximum Gasteiger partial charge on any atom is 0.144 e. The SMILES string of the molecule is CC1CC2(CN(C)C2)C1=O. The van der Waals surface area contributed by atoms with E-state index in [0.29, 0.717) is 11.7 Å². The van der Waals surface area contributed by atoms with Crippen LogP contribution in [0.3, 0.4) is 0 Å². The van der Waals surface area contributed by atoms with Gasteiger partial charge in [0.05, 0.1) is 5.41 Å². The minimum Gasteiger partial charge on any atom is -0.304 e. The van der Waals surface area contributed by atoms with Crippen LogP contribution >= 0.6 is 0 Å². The first-order chi connectivity index (χ1) is 4.64. The van der Waals surface area contributed by atoms with Gasteiger partial charge in [0, 0.05) is 19.0 Å². The monoisotopic (exact) mass is 139 g/mol. The molecule has 0 aromatic carbocycles. The van der Waals surface area contributed by atoms with E-state index in [0.717, 1.165) is 19.5 Å². The van der Waals surface area contributed by atoms with Crippen molar-refractivity contribution < 1.29 is 4.79 Å². The van der Waals surface area contributed by atoms with Gasteiger partial charge in [0.1, 0.15) is 5.78 Å². The van der Waals surface area contributed by atoms with Crippen molar-refractivity contribution in [1.29, 1.82) is 0 Å². The molecule has 0 amide bonds. The molecule has 2 nitrogen and oxygen atoms in total. The lowest BCUT2D eigenvalue weighted by atomic mass is 9.57. The maximum atomic E-state index is 11.3. The highest BCUT2D eigenvalue weighted by Gasteiger charge is 2.56. The number of nitrogens with zero attached hydrogens (tertiary/aromatic N) is 1. The van der Waals surface area contributed by atoms with Gasteiger partial charge < -0.3 is 4.90 Å². The van der Waals surface area contributed by atoms with Gasteiger partial charge in [-0.05, 0) is 13.5 Å². The summed E-state index contributed by atoms with van der Waals surface area (Å²) in [6.45, 7) is 4.05. The van der Waals surface area contributed by atoms with Gasteiger partial charge >= 0.3 is 0 Å². The van der Waals surface area contributed by atoms with E-state index in [9.17, 15) is 4.79 Å². The molecule has 1 saturated heterocycles. The normalized spacial score (nSPS) is 37.4. The van der Waals surface area contributed by atoms with Crippen LogP contribution in [0.15, 0.2) is 0 Å². The molecule has 1 spiro atoms. The molecular formula is C8H13NO. The molecule has 2 aliphatic rings. The minimum absolute atomic E-state index is 0.133. The Morgan fingerprint density at radius 2 is 2.20 bits per heavy atom. The number of hydrogen-bond acceptors (Lipinski definition) is 2. The topological polar surface area (TPSA) is 20.3 Å². The van der Waals surface area contributed by atoms with Crippen LogP contribution in [0.4, 0.5) is 0 Å². The van der Waals surface area contributed by atoms with Crippen LogP contribution in [0.2, 0.25) is 0 Å². The minimum atomic E-state index is 0.133. The Hall–Kier alpha value is -0.370. The van der Waals surface area contributed by atoms with Gasteiger partial charge in [-0.2, -0.15) is 0 Å². The molecule has 1 aliphatic heterocycles. The Morgan fingerprint density at radius 3 is 2.50 bits per heavy atom. The second kappa shape index (κ2) is 1.62. The number of carbonyl (C=O) groups is 1. The number of likely N-dealkylation sites (tertiary alicyclic amines) is 1. The largest absolute Gasteiger partial charge is 0.304 e. The first kappa shape index (κ1) is 6.35. The number of Topliss-reactive ketones (excluding diaryl/α,β-unsaturated/α-hetero) is 1. The highest BCUT2D eigenvalue weighted by molar-refractivity contribution is 5.94. The zero-order valence-electron chi connectivity index (χ0n) is 6.55. The third kappa shape index (κ3) is 0.553. The summed E-state index contributed by atoms with van der Waals surface area (Å²) in [6.07, 6.45) is 1.14. The van der Waals surface area contributed by atoms with E-state index in [-0.39, 0.29) is 5.41 Å². The molecule has 2 heteroatoms. The average Bonchev–Trinajstić information content (AvgIpc) is 1.84. The molecular weight excluding hydrogens is 126 g/mol. The van der Waals surface area contributed by atoms with Gasteiger partial charge in [0.25, 0.3) is 0 Å². The van der Waals surface area contributed by atoms with Crippen LogP contribution in [0.1, 0.15) is 13.3 Å². The number of carbonyl (C=O) groups excluding carboxylic acids is 1. The van der Waals surface area contributed by atoms with Crippen molar-refractivity contribution in [3.05, 3.63) is 0 Å². The standard InChI is InChI=1S/C8H13NO/c1-6-3-8(7(6)10)4-9(2)5-8/h6H,3-5H2,1-2H3. The summed E-state index contributed by atoms with van der Waals surface area (Å²) in [5.74, 6) is 0.860. The lowest BCUT2D eigenvalue weighted by Crippen LogP contribution is -2.66. The van der Waals surface area contributed by atoms with Crippen molar-refractivity contribution in [3.63, 3.8) is 0 Å². The average molecular weight is 139 g/mol. The third-order valence-electron chi connectivity index (χ3n) is 2.81. The summed E-state index contributed by atoms with van der Waals surface area (Å²) in [4.78, 5) is 13.5. The molecule has 1 heterocycles. The van der Waals surface area contributed by atoms with Gasteiger partial charge in [-0.1, -0.05) is 6.92 Å². The number of rotatable bonds is 0. The molecule has 1 atom stereocenters. The van der Waals surface area contributed by atoms with Gasteiger partial charge in [0.15, 0.2) is 0 Å². The molecule has 0 bridgehead atoms. The summed E-state index contributed by atoms with van der Waals surface area (Å²) in [5.41, 5.74) is 0.133. The van der Waals surface area contributed by atoms with Gasteiger partial charge in [0.2, 0.25) is 0 Å². The molecule has 1 aliphatic carbocycles. The number of ketones is 1. The van der Waals surface area contributed by atoms with Crippen LogP contribution < -0.4 is 0 Å². The molecule has 56 valence electrons. The molecule has 0 radical (unpaired) electrons. The highest BCUT2D eigenvalue weighted by atomic mass is 16.1. The molecule has 0 aromatic rings. The van der Waals surface area contributed by atoms with Crippen molar-refractivity contribution in [2.45, 2.75) is 13.3 Å². The van der Waals surface area contributed by atoms with Gasteiger partial charge in [-0.15, -0.1) is 0 Å². The Morgan fingerprint density at radius 1 is 1.60 bits per heavy atom. The van der Waals surface area contributed by atoms with Crippen LogP contribution in [0.25, 0.3) is 0 Å². The fraction of sp³-hybridized carbons (Fsp3) is 0.875. The summed E-state index contributed by atoms with van der Waals surface area (Å²) < 4.78 is 0. The Labute approximate surface area is 61.2 Å².